The maximum atomic E-state index is 11.8. The number of H-pyrrole nitrogens is 1. The fourth-order valence-corrected chi connectivity index (χ4v) is 2.97. The minimum Gasteiger partial charge on any atom is -0.502 e. The Hall–Kier alpha value is -3.63. The number of aromatic nitrogens is 4. The Morgan fingerprint density at radius 1 is 1.31 bits per heavy atom. The molecule has 148 valence electrons. The van der Waals surface area contributed by atoms with Crippen molar-refractivity contribution in [1.82, 2.24) is 25.1 Å². The number of nitrogens with zero attached hydrogens (tertiary/aromatic N) is 3. The van der Waals surface area contributed by atoms with Crippen LogP contribution in [0, 0.1) is 11.8 Å². The van der Waals surface area contributed by atoms with Crippen LogP contribution in [-0.4, -0.2) is 37.9 Å². The molecule has 0 amide bonds. The van der Waals surface area contributed by atoms with Crippen molar-refractivity contribution in [3.63, 3.8) is 0 Å². The SMILES string of the molecule is C=CCNCC(Cc1ccc(C#Cc2cnn(C)c2)cc1)c1nc[nH]c(=O)c1O. The lowest BCUT2D eigenvalue weighted by Gasteiger charge is -2.17. The second-order valence-electron chi connectivity index (χ2n) is 6.66. The van der Waals surface area contributed by atoms with E-state index in [1.165, 1.54) is 6.33 Å². The van der Waals surface area contributed by atoms with Crippen LogP contribution in [0.5, 0.6) is 5.75 Å². The summed E-state index contributed by atoms with van der Waals surface area (Å²) >= 11 is 0. The van der Waals surface area contributed by atoms with E-state index in [0.717, 1.165) is 16.7 Å². The molecule has 0 aliphatic heterocycles. The second kappa shape index (κ2) is 9.53. The van der Waals surface area contributed by atoms with Crippen molar-refractivity contribution >= 4 is 0 Å². The largest absolute Gasteiger partial charge is 0.502 e. The van der Waals surface area contributed by atoms with Crippen LogP contribution in [0.2, 0.25) is 0 Å². The lowest BCUT2D eigenvalue weighted by molar-refractivity contribution is 0.441. The number of aromatic hydroxyl groups is 1. The molecule has 29 heavy (non-hydrogen) atoms. The molecule has 7 heteroatoms. The summed E-state index contributed by atoms with van der Waals surface area (Å²) in [7, 11) is 1.85. The Balaban J connectivity index is 1.76. The molecule has 0 saturated heterocycles. The van der Waals surface area contributed by atoms with Gasteiger partial charge >= 0.3 is 0 Å². The van der Waals surface area contributed by atoms with Crippen molar-refractivity contribution < 1.29 is 5.11 Å². The molecule has 0 saturated carbocycles. The fourth-order valence-electron chi connectivity index (χ4n) is 2.97. The topological polar surface area (TPSA) is 95.8 Å². The Morgan fingerprint density at radius 2 is 2.07 bits per heavy atom. The van der Waals surface area contributed by atoms with Crippen molar-refractivity contribution in [2.75, 3.05) is 13.1 Å². The van der Waals surface area contributed by atoms with Gasteiger partial charge in [0, 0.05) is 37.8 Å². The Morgan fingerprint density at radius 3 is 2.76 bits per heavy atom. The molecule has 1 atom stereocenters. The molecule has 0 radical (unpaired) electrons. The Bertz CT molecular complexity index is 1090. The van der Waals surface area contributed by atoms with Gasteiger partial charge in [0.15, 0.2) is 0 Å². The zero-order valence-corrected chi connectivity index (χ0v) is 16.2. The Kier molecular flexibility index (Phi) is 6.61. The fraction of sp³-hybridized carbons (Fsp3) is 0.227. The number of benzene rings is 1. The van der Waals surface area contributed by atoms with Crippen LogP contribution >= 0.6 is 0 Å². The van der Waals surface area contributed by atoms with E-state index in [0.29, 0.717) is 25.2 Å². The van der Waals surface area contributed by atoms with Crippen LogP contribution in [0.15, 0.2) is 60.4 Å². The van der Waals surface area contributed by atoms with Gasteiger partial charge < -0.3 is 15.4 Å². The molecule has 0 aliphatic carbocycles. The van der Waals surface area contributed by atoms with E-state index in [9.17, 15) is 9.90 Å². The minimum absolute atomic E-state index is 0.162. The summed E-state index contributed by atoms with van der Waals surface area (Å²) < 4.78 is 1.71. The van der Waals surface area contributed by atoms with Crippen LogP contribution in [0.3, 0.4) is 0 Å². The third-order valence-corrected chi connectivity index (χ3v) is 4.42. The number of aromatic amines is 1. The summed E-state index contributed by atoms with van der Waals surface area (Å²) in [6.45, 7) is 4.88. The van der Waals surface area contributed by atoms with E-state index >= 15 is 0 Å². The predicted molar refractivity (Wildman–Crippen MR) is 112 cm³/mol. The molecular formula is C22H23N5O2. The summed E-state index contributed by atoms with van der Waals surface area (Å²) in [4.78, 5) is 18.3. The molecule has 7 nitrogen and oxygen atoms in total. The van der Waals surface area contributed by atoms with Crippen LogP contribution in [0.25, 0.3) is 0 Å². The third kappa shape index (κ3) is 5.43. The zero-order valence-electron chi connectivity index (χ0n) is 16.2. The lowest BCUT2D eigenvalue weighted by Crippen LogP contribution is -2.25. The summed E-state index contributed by atoms with van der Waals surface area (Å²) in [5.74, 6) is 5.70. The van der Waals surface area contributed by atoms with Crippen LogP contribution in [0.4, 0.5) is 0 Å². The zero-order chi connectivity index (χ0) is 20.6. The van der Waals surface area contributed by atoms with Crippen molar-refractivity contribution in [2.24, 2.45) is 7.05 Å². The first kappa shape index (κ1) is 20.1. The highest BCUT2D eigenvalue weighted by atomic mass is 16.3. The summed E-state index contributed by atoms with van der Waals surface area (Å²) in [5.41, 5.74) is 2.66. The van der Waals surface area contributed by atoms with Crippen molar-refractivity contribution in [3.05, 3.63) is 88.4 Å². The molecule has 3 N–H and O–H groups in total. The molecule has 0 aliphatic rings. The van der Waals surface area contributed by atoms with Gasteiger partial charge in [0.25, 0.3) is 5.56 Å². The number of nitrogens with one attached hydrogen (secondary N) is 2. The number of hydrogen-bond acceptors (Lipinski definition) is 5. The van der Waals surface area contributed by atoms with Gasteiger partial charge in [0.1, 0.15) is 0 Å². The van der Waals surface area contributed by atoms with Crippen LogP contribution in [-0.2, 0) is 13.5 Å². The Labute approximate surface area is 169 Å². The number of aryl methyl sites for hydroxylation is 1. The molecule has 1 aromatic carbocycles. The molecular weight excluding hydrogens is 366 g/mol. The third-order valence-electron chi connectivity index (χ3n) is 4.42. The summed E-state index contributed by atoms with van der Waals surface area (Å²) in [6.07, 6.45) is 7.28. The average molecular weight is 389 g/mol. The molecule has 2 aromatic heterocycles. The minimum atomic E-state index is -0.537. The molecule has 0 bridgehead atoms. The highest BCUT2D eigenvalue weighted by molar-refractivity contribution is 5.42. The van der Waals surface area contributed by atoms with Crippen molar-refractivity contribution in [1.29, 1.82) is 0 Å². The van der Waals surface area contributed by atoms with Gasteiger partial charge in [0.05, 0.1) is 23.8 Å². The lowest BCUT2D eigenvalue weighted by atomic mass is 9.94. The van der Waals surface area contributed by atoms with Crippen LogP contribution in [0.1, 0.15) is 28.3 Å². The second-order valence-corrected chi connectivity index (χ2v) is 6.66. The first-order valence-corrected chi connectivity index (χ1v) is 9.24. The molecule has 3 aromatic rings. The van der Waals surface area contributed by atoms with Gasteiger partial charge in [0.2, 0.25) is 5.75 Å². The standard InChI is InChI=1S/C22H23N5O2/c1-3-10-23-13-19(20-21(28)22(29)25-15-24-20)11-17-7-4-16(5-8-17)6-9-18-12-26-27(2)14-18/h3-5,7-8,12,14-15,19,23,28H,1,10-11,13H2,2H3,(H,24,25,29). The predicted octanol–water partition coefficient (Wildman–Crippen LogP) is 1.71. The van der Waals surface area contributed by atoms with Gasteiger partial charge in [-0.15, -0.1) is 6.58 Å². The van der Waals surface area contributed by atoms with Crippen LogP contribution < -0.4 is 10.9 Å². The number of rotatable bonds is 7. The normalized spacial score (nSPS) is 11.5. The summed E-state index contributed by atoms with van der Waals surface area (Å²) in [6, 6.07) is 7.91. The molecule has 0 fully saturated rings. The maximum absolute atomic E-state index is 11.8. The summed E-state index contributed by atoms with van der Waals surface area (Å²) in [5, 5.41) is 17.5. The smallest absolute Gasteiger partial charge is 0.293 e. The van der Waals surface area contributed by atoms with E-state index in [1.54, 1.807) is 17.0 Å². The van der Waals surface area contributed by atoms with Gasteiger partial charge in [-0.05, 0) is 24.1 Å². The van der Waals surface area contributed by atoms with Gasteiger partial charge in [-0.25, -0.2) is 4.98 Å². The van der Waals surface area contributed by atoms with E-state index in [2.05, 4.69) is 38.8 Å². The molecule has 3 rings (SSSR count). The highest BCUT2D eigenvalue weighted by Gasteiger charge is 2.19. The monoisotopic (exact) mass is 389 g/mol. The average Bonchev–Trinajstić information content (AvgIpc) is 3.14. The van der Waals surface area contributed by atoms with E-state index in [4.69, 9.17) is 0 Å². The van der Waals surface area contributed by atoms with E-state index < -0.39 is 5.56 Å². The van der Waals surface area contributed by atoms with E-state index in [-0.39, 0.29) is 11.7 Å². The maximum Gasteiger partial charge on any atom is 0.293 e. The van der Waals surface area contributed by atoms with Gasteiger partial charge in [-0.1, -0.05) is 30.0 Å². The van der Waals surface area contributed by atoms with E-state index in [1.807, 2.05) is 37.5 Å². The van der Waals surface area contributed by atoms with Gasteiger partial charge in [-0.3, -0.25) is 9.48 Å². The van der Waals surface area contributed by atoms with Gasteiger partial charge in [-0.2, -0.15) is 5.10 Å². The highest BCUT2D eigenvalue weighted by Crippen LogP contribution is 2.23. The number of hydrogen-bond donors (Lipinski definition) is 3. The van der Waals surface area contributed by atoms with Crippen molar-refractivity contribution in [2.45, 2.75) is 12.3 Å². The van der Waals surface area contributed by atoms with Crippen molar-refractivity contribution in [3.8, 4) is 17.6 Å². The molecule has 2 heterocycles. The quantitative estimate of drug-likeness (QED) is 0.325. The first-order chi connectivity index (χ1) is 14.1. The molecule has 1 unspecified atom stereocenters. The first-order valence-electron chi connectivity index (χ1n) is 9.24. The molecule has 0 spiro atoms.